The second-order valence-corrected chi connectivity index (χ2v) is 9.93. The lowest BCUT2D eigenvalue weighted by atomic mass is 9.82. The van der Waals surface area contributed by atoms with Crippen LogP contribution in [0.25, 0.3) is 0 Å². The molecule has 0 spiro atoms. The van der Waals surface area contributed by atoms with Crippen LogP contribution in [-0.4, -0.2) is 32.5 Å². The van der Waals surface area contributed by atoms with Crippen LogP contribution in [0, 0.1) is 5.92 Å². The normalized spacial score (nSPS) is 23.4. The van der Waals surface area contributed by atoms with Gasteiger partial charge in [-0.25, -0.2) is 13.1 Å². The quantitative estimate of drug-likeness (QED) is 0.703. The monoisotopic (exact) mass is 374 g/mol. The lowest BCUT2D eigenvalue weighted by Gasteiger charge is -2.23. The molecule has 0 radical (unpaired) electrons. The largest absolute Gasteiger partial charge is 0.289 e. The molecule has 5 heteroatoms. The summed E-state index contributed by atoms with van der Waals surface area (Å²) in [5.74, 6) is 1.13. The number of fused-ring (bicyclic) bond motifs is 3. The maximum Gasteiger partial charge on any atom is 0.213 e. The standard InChI is InChI=1S/C21H30N2O2S/c1-16(2)26(24,25)23-14-7-3-6-13-22-21-12-8-11-19-18-10-5-4-9-17(18)15-20(19)21/h4-5,8-10,12,16,19-20,23H,3,6-7,11,13-15H2,1-2H3. The lowest BCUT2D eigenvalue weighted by molar-refractivity contribution is 0.565. The maximum atomic E-state index is 11.7. The third kappa shape index (κ3) is 4.44. The first-order valence-corrected chi connectivity index (χ1v) is 11.3. The number of nitrogens with one attached hydrogen (secondary N) is 1. The number of benzene rings is 1. The fourth-order valence-electron chi connectivity index (χ4n) is 3.91. The lowest BCUT2D eigenvalue weighted by Crippen LogP contribution is -2.31. The van der Waals surface area contributed by atoms with E-state index >= 15 is 0 Å². The molecule has 1 N–H and O–H groups in total. The zero-order chi connectivity index (χ0) is 18.6. The highest BCUT2D eigenvalue weighted by Gasteiger charge is 2.35. The number of hydrogen-bond donors (Lipinski definition) is 1. The van der Waals surface area contributed by atoms with Crippen LogP contribution >= 0.6 is 0 Å². The van der Waals surface area contributed by atoms with E-state index in [0.29, 0.717) is 18.4 Å². The molecule has 2 unspecified atom stereocenters. The summed E-state index contributed by atoms with van der Waals surface area (Å²) >= 11 is 0. The number of hydrogen-bond acceptors (Lipinski definition) is 3. The Morgan fingerprint density at radius 2 is 1.96 bits per heavy atom. The Hall–Kier alpha value is -1.46. The minimum absolute atomic E-state index is 0.365. The van der Waals surface area contributed by atoms with Gasteiger partial charge in [0.25, 0.3) is 0 Å². The average molecular weight is 375 g/mol. The second kappa shape index (κ2) is 8.49. The predicted molar refractivity (Wildman–Crippen MR) is 108 cm³/mol. The number of nitrogens with zero attached hydrogens (tertiary/aromatic N) is 1. The van der Waals surface area contributed by atoms with Crippen LogP contribution in [-0.2, 0) is 16.4 Å². The van der Waals surface area contributed by atoms with Crippen LogP contribution in [0.5, 0.6) is 0 Å². The molecule has 0 heterocycles. The third-order valence-electron chi connectivity index (χ3n) is 5.49. The molecular formula is C21H30N2O2S. The molecule has 0 aromatic heterocycles. The number of unbranched alkanes of at least 4 members (excludes halogenated alkanes) is 2. The van der Waals surface area contributed by atoms with E-state index < -0.39 is 10.0 Å². The number of rotatable bonds is 8. The number of sulfonamides is 1. The summed E-state index contributed by atoms with van der Waals surface area (Å²) in [5.41, 5.74) is 4.24. The summed E-state index contributed by atoms with van der Waals surface area (Å²) in [7, 11) is -3.13. The molecule has 0 fully saturated rings. The molecule has 1 aromatic rings. The molecule has 2 aliphatic rings. The van der Waals surface area contributed by atoms with Crippen molar-refractivity contribution in [3.63, 3.8) is 0 Å². The van der Waals surface area contributed by atoms with E-state index in [-0.39, 0.29) is 5.25 Å². The third-order valence-corrected chi connectivity index (χ3v) is 7.34. The maximum absolute atomic E-state index is 11.7. The Balaban J connectivity index is 1.44. The van der Waals surface area contributed by atoms with Crippen molar-refractivity contribution < 1.29 is 8.42 Å². The van der Waals surface area contributed by atoms with Crippen molar-refractivity contribution in [3.8, 4) is 0 Å². The zero-order valence-corrected chi connectivity index (χ0v) is 16.6. The molecule has 142 valence electrons. The highest BCUT2D eigenvalue weighted by molar-refractivity contribution is 7.90. The van der Waals surface area contributed by atoms with E-state index in [4.69, 9.17) is 4.99 Å². The Kier molecular flexibility index (Phi) is 6.30. The van der Waals surface area contributed by atoms with Gasteiger partial charge in [-0.1, -0.05) is 36.8 Å². The fourth-order valence-corrected chi connectivity index (χ4v) is 4.67. The summed E-state index contributed by atoms with van der Waals surface area (Å²) in [5, 5.41) is -0.365. The summed E-state index contributed by atoms with van der Waals surface area (Å²) in [6.45, 7) is 4.75. The Morgan fingerprint density at radius 1 is 1.15 bits per heavy atom. The van der Waals surface area contributed by atoms with E-state index in [1.807, 2.05) is 0 Å². The van der Waals surface area contributed by atoms with E-state index in [2.05, 4.69) is 41.1 Å². The van der Waals surface area contributed by atoms with Crippen molar-refractivity contribution in [2.45, 2.75) is 57.1 Å². The SMILES string of the molecule is CC(C)S(=O)(=O)NCCCCCN=C1C=CCC2c3ccccc3CC12. The first-order valence-electron chi connectivity index (χ1n) is 9.76. The predicted octanol–water partition coefficient (Wildman–Crippen LogP) is 3.84. The Bertz CT molecular complexity index is 781. The molecule has 0 saturated heterocycles. The van der Waals surface area contributed by atoms with Gasteiger partial charge in [0.05, 0.1) is 5.25 Å². The van der Waals surface area contributed by atoms with Gasteiger partial charge in [-0.05, 0) is 62.7 Å². The minimum atomic E-state index is -3.13. The smallest absolute Gasteiger partial charge is 0.213 e. The van der Waals surface area contributed by atoms with Gasteiger partial charge in [0.1, 0.15) is 0 Å². The van der Waals surface area contributed by atoms with Crippen LogP contribution in [0.3, 0.4) is 0 Å². The molecule has 26 heavy (non-hydrogen) atoms. The van der Waals surface area contributed by atoms with Gasteiger partial charge in [-0.3, -0.25) is 4.99 Å². The number of allylic oxidation sites excluding steroid dienone is 2. The summed E-state index contributed by atoms with van der Waals surface area (Å²) in [4.78, 5) is 4.87. The average Bonchev–Trinajstić information content (AvgIpc) is 3.00. The summed E-state index contributed by atoms with van der Waals surface area (Å²) < 4.78 is 26.0. The molecule has 3 rings (SSSR count). The molecule has 1 aromatic carbocycles. The highest BCUT2D eigenvalue weighted by atomic mass is 32.2. The van der Waals surface area contributed by atoms with E-state index in [1.165, 1.54) is 16.8 Å². The van der Waals surface area contributed by atoms with Gasteiger partial charge < -0.3 is 0 Å². The van der Waals surface area contributed by atoms with Gasteiger partial charge in [0.15, 0.2) is 0 Å². The van der Waals surface area contributed by atoms with Gasteiger partial charge in [0.2, 0.25) is 10.0 Å². The van der Waals surface area contributed by atoms with Crippen LogP contribution in [0.1, 0.15) is 56.6 Å². The van der Waals surface area contributed by atoms with Crippen molar-refractivity contribution in [1.82, 2.24) is 4.72 Å². The van der Waals surface area contributed by atoms with Crippen molar-refractivity contribution in [1.29, 1.82) is 0 Å². The van der Waals surface area contributed by atoms with Crippen LogP contribution < -0.4 is 4.72 Å². The molecular weight excluding hydrogens is 344 g/mol. The Morgan fingerprint density at radius 3 is 2.77 bits per heavy atom. The van der Waals surface area contributed by atoms with E-state index in [0.717, 1.165) is 38.6 Å². The van der Waals surface area contributed by atoms with Gasteiger partial charge in [-0.15, -0.1) is 0 Å². The van der Waals surface area contributed by atoms with Gasteiger partial charge in [-0.2, -0.15) is 0 Å². The molecule has 4 nitrogen and oxygen atoms in total. The van der Waals surface area contributed by atoms with Crippen LogP contribution in [0.2, 0.25) is 0 Å². The van der Waals surface area contributed by atoms with Gasteiger partial charge in [0, 0.05) is 24.7 Å². The fraction of sp³-hybridized carbons (Fsp3) is 0.571. The zero-order valence-electron chi connectivity index (χ0n) is 15.8. The Labute approximate surface area is 157 Å². The second-order valence-electron chi connectivity index (χ2n) is 7.61. The summed E-state index contributed by atoms with van der Waals surface area (Å²) in [6, 6.07) is 8.80. The number of aliphatic imine (C=N–C) groups is 1. The van der Waals surface area contributed by atoms with Gasteiger partial charge >= 0.3 is 0 Å². The topological polar surface area (TPSA) is 58.5 Å². The molecule has 0 saturated carbocycles. The first-order chi connectivity index (χ1) is 12.5. The molecule has 2 aliphatic carbocycles. The van der Waals surface area contributed by atoms with Crippen LogP contribution in [0.15, 0.2) is 41.4 Å². The van der Waals surface area contributed by atoms with Crippen molar-refractivity contribution in [2.24, 2.45) is 10.9 Å². The van der Waals surface area contributed by atoms with Crippen LogP contribution in [0.4, 0.5) is 0 Å². The first kappa shape index (κ1) is 19.3. The van der Waals surface area contributed by atoms with Crippen molar-refractivity contribution in [3.05, 3.63) is 47.5 Å². The minimum Gasteiger partial charge on any atom is -0.289 e. The molecule has 0 bridgehead atoms. The van der Waals surface area contributed by atoms with E-state index in [9.17, 15) is 8.42 Å². The molecule has 2 atom stereocenters. The molecule has 0 amide bonds. The van der Waals surface area contributed by atoms with Crippen molar-refractivity contribution in [2.75, 3.05) is 13.1 Å². The van der Waals surface area contributed by atoms with Crippen molar-refractivity contribution >= 4 is 15.7 Å². The molecule has 0 aliphatic heterocycles. The summed E-state index contributed by atoms with van der Waals surface area (Å²) in [6.07, 6.45) is 9.58. The van der Waals surface area contributed by atoms with E-state index in [1.54, 1.807) is 13.8 Å². The highest BCUT2D eigenvalue weighted by Crippen LogP contribution is 2.43.